The minimum Gasteiger partial charge on any atom is -0.396 e. The summed E-state index contributed by atoms with van der Waals surface area (Å²) in [5, 5.41) is 17.5. The Balaban J connectivity index is 3.12. The van der Waals surface area contributed by atoms with Crippen molar-refractivity contribution in [2.24, 2.45) is 5.92 Å². The average molecular weight is 145 g/mol. The molecule has 1 atom stereocenters. The van der Waals surface area contributed by atoms with Gasteiger partial charge in [0.25, 0.3) is 0 Å². The monoisotopic (exact) mass is 145 g/mol. The van der Waals surface area contributed by atoms with Crippen molar-refractivity contribution < 1.29 is 10.2 Å². The Morgan fingerprint density at radius 1 is 1.40 bits per heavy atom. The predicted octanol–water partition coefficient (Wildman–Crippen LogP) is 0.980. The Labute approximate surface area is 62.9 Å². The summed E-state index contributed by atoms with van der Waals surface area (Å²) in [4.78, 5) is 0. The fourth-order valence-electron chi connectivity index (χ4n) is 0.679. The largest absolute Gasteiger partial charge is 0.396 e. The smallest absolute Gasteiger partial charge is 0.0593 e. The van der Waals surface area contributed by atoms with Gasteiger partial charge in [0.2, 0.25) is 0 Å². The van der Waals surface area contributed by atoms with E-state index < -0.39 is 6.10 Å². The fourth-order valence-corrected chi connectivity index (χ4v) is 0.679. The van der Waals surface area contributed by atoms with E-state index in [1.807, 2.05) is 6.42 Å². The molecule has 0 aromatic carbocycles. The van der Waals surface area contributed by atoms with E-state index in [9.17, 15) is 0 Å². The summed E-state index contributed by atoms with van der Waals surface area (Å²) in [6, 6.07) is 0. The summed E-state index contributed by atoms with van der Waals surface area (Å²) in [7, 11) is 0. The average Bonchev–Trinajstić information content (AvgIpc) is 1.85. The van der Waals surface area contributed by atoms with Gasteiger partial charge < -0.3 is 10.2 Å². The van der Waals surface area contributed by atoms with Gasteiger partial charge in [-0.25, -0.2) is 0 Å². The second kappa shape index (κ2) is 5.69. The Bertz CT molecular complexity index is 71.7. The maximum Gasteiger partial charge on any atom is 0.0593 e. The molecule has 1 unspecified atom stereocenters. The Morgan fingerprint density at radius 3 is 2.40 bits per heavy atom. The van der Waals surface area contributed by atoms with E-state index in [1.165, 1.54) is 0 Å². The number of rotatable bonds is 5. The van der Waals surface area contributed by atoms with E-state index in [0.717, 1.165) is 6.42 Å². The molecule has 0 aliphatic carbocycles. The molecule has 1 radical (unpaired) electrons. The molecular weight excluding hydrogens is 128 g/mol. The first-order valence-electron chi connectivity index (χ1n) is 3.79. The summed E-state index contributed by atoms with van der Waals surface area (Å²) in [5.41, 5.74) is 0. The zero-order chi connectivity index (χ0) is 7.98. The van der Waals surface area contributed by atoms with Crippen LogP contribution in [0.15, 0.2) is 0 Å². The number of aliphatic hydroxyl groups is 2. The molecule has 2 N–H and O–H groups in total. The SMILES string of the molecule is CC(C)C[CH]C(O)CCO. The molecule has 0 spiro atoms. The lowest BCUT2D eigenvalue weighted by Gasteiger charge is -2.09. The highest BCUT2D eigenvalue weighted by Crippen LogP contribution is 2.06. The van der Waals surface area contributed by atoms with Gasteiger partial charge in [0, 0.05) is 6.61 Å². The van der Waals surface area contributed by atoms with E-state index in [0.29, 0.717) is 12.3 Å². The normalized spacial score (nSPS) is 14.1. The van der Waals surface area contributed by atoms with Crippen molar-refractivity contribution in [3.8, 4) is 0 Å². The van der Waals surface area contributed by atoms with Crippen molar-refractivity contribution in [2.45, 2.75) is 32.8 Å². The van der Waals surface area contributed by atoms with E-state index in [2.05, 4.69) is 13.8 Å². The first-order chi connectivity index (χ1) is 4.66. The van der Waals surface area contributed by atoms with Crippen LogP contribution >= 0.6 is 0 Å². The van der Waals surface area contributed by atoms with Gasteiger partial charge >= 0.3 is 0 Å². The number of hydrogen-bond acceptors (Lipinski definition) is 2. The second-order valence-electron chi connectivity index (χ2n) is 2.94. The molecule has 61 valence electrons. The minimum absolute atomic E-state index is 0.0652. The van der Waals surface area contributed by atoms with Gasteiger partial charge in [-0.3, -0.25) is 0 Å². The molecule has 0 rings (SSSR count). The van der Waals surface area contributed by atoms with Crippen molar-refractivity contribution in [3.63, 3.8) is 0 Å². The first kappa shape index (κ1) is 9.92. The minimum atomic E-state index is -0.424. The third kappa shape index (κ3) is 6.05. The number of hydrogen-bond donors (Lipinski definition) is 2. The van der Waals surface area contributed by atoms with E-state index in [-0.39, 0.29) is 6.61 Å². The van der Waals surface area contributed by atoms with Crippen LogP contribution in [0.4, 0.5) is 0 Å². The lowest BCUT2D eigenvalue weighted by molar-refractivity contribution is 0.153. The van der Waals surface area contributed by atoms with Gasteiger partial charge in [-0.1, -0.05) is 13.8 Å². The van der Waals surface area contributed by atoms with Gasteiger partial charge in [0.1, 0.15) is 0 Å². The van der Waals surface area contributed by atoms with Gasteiger partial charge in [0.15, 0.2) is 0 Å². The summed E-state index contributed by atoms with van der Waals surface area (Å²) < 4.78 is 0. The zero-order valence-electron chi connectivity index (χ0n) is 6.75. The van der Waals surface area contributed by atoms with Crippen LogP contribution < -0.4 is 0 Å². The maximum absolute atomic E-state index is 9.08. The van der Waals surface area contributed by atoms with E-state index in [4.69, 9.17) is 10.2 Å². The molecular formula is C8H17O2. The Hall–Kier alpha value is -0.0800. The quantitative estimate of drug-likeness (QED) is 0.605. The highest BCUT2D eigenvalue weighted by molar-refractivity contribution is 4.75. The van der Waals surface area contributed by atoms with Crippen LogP contribution in [0.2, 0.25) is 0 Å². The predicted molar refractivity (Wildman–Crippen MR) is 41.5 cm³/mol. The van der Waals surface area contributed by atoms with Crippen molar-refractivity contribution in [2.75, 3.05) is 6.61 Å². The topological polar surface area (TPSA) is 40.5 Å². The van der Waals surface area contributed by atoms with Crippen molar-refractivity contribution >= 4 is 0 Å². The summed E-state index contributed by atoms with van der Waals surface area (Å²) >= 11 is 0. The third-order valence-electron chi connectivity index (χ3n) is 1.30. The molecule has 0 aliphatic heterocycles. The standard InChI is InChI=1S/C8H17O2/c1-7(2)3-4-8(10)5-6-9/h4,7-10H,3,5-6H2,1-2H3. The molecule has 10 heavy (non-hydrogen) atoms. The lowest BCUT2D eigenvalue weighted by atomic mass is 10.0. The van der Waals surface area contributed by atoms with Gasteiger partial charge in [0.05, 0.1) is 6.10 Å². The fraction of sp³-hybridized carbons (Fsp3) is 0.875. The van der Waals surface area contributed by atoms with Crippen molar-refractivity contribution in [1.29, 1.82) is 0 Å². The van der Waals surface area contributed by atoms with Gasteiger partial charge in [-0.05, 0) is 25.2 Å². The van der Waals surface area contributed by atoms with Crippen molar-refractivity contribution in [1.82, 2.24) is 0 Å². The summed E-state index contributed by atoms with van der Waals surface area (Å²) in [6.45, 7) is 4.26. The third-order valence-corrected chi connectivity index (χ3v) is 1.30. The van der Waals surface area contributed by atoms with Crippen LogP contribution in [0.3, 0.4) is 0 Å². The van der Waals surface area contributed by atoms with Crippen LogP contribution in [0.1, 0.15) is 26.7 Å². The van der Waals surface area contributed by atoms with Gasteiger partial charge in [-0.2, -0.15) is 0 Å². The summed E-state index contributed by atoms with van der Waals surface area (Å²) in [5.74, 6) is 0.591. The highest BCUT2D eigenvalue weighted by Gasteiger charge is 2.03. The molecule has 2 heteroatoms. The van der Waals surface area contributed by atoms with E-state index >= 15 is 0 Å². The molecule has 0 saturated heterocycles. The van der Waals surface area contributed by atoms with Crippen LogP contribution in [0.5, 0.6) is 0 Å². The van der Waals surface area contributed by atoms with Crippen LogP contribution in [-0.2, 0) is 0 Å². The molecule has 2 nitrogen and oxygen atoms in total. The molecule has 0 heterocycles. The van der Waals surface area contributed by atoms with Crippen LogP contribution in [0.25, 0.3) is 0 Å². The Morgan fingerprint density at radius 2 is 2.00 bits per heavy atom. The molecule has 0 aromatic heterocycles. The van der Waals surface area contributed by atoms with Crippen molar-refractivity contribution in [3.05, 3.63) is 6.42 Å². The van der Waals surface area contributed by atoms with Gasteiger partial charge in [-0.15, -0.1) is 0 Å². The first-order valence-corrected chi connectivity index (χ1v) is 3.79. The summed E-state index contributed by atoms with van der Waals surface area (Å²) in [6.07, 6.45) is 2.81. The van der Waals surface area contributed by atoms with E-state index in [1.54, 1.807) is 0 Å². The van der Waals surface area contributed by atoms with Crippen LogP contribution in [-0.4, -0.2) is 22.9 Å². The lowest BCUT2D eigenvalue weighted by Crippen LogP contribution is -2.10. The highest BCUT2D eigenvalue weighted by atomic mass is 16.3. The molecule has 0 amide bonds. The molecule has 0 aliphatic rings. The zero-order valence-corrected chi connectivity index (χ0v) is 6.75. The molecule has 0 saturated carbocycles. The molecule has 0 bridgehead atoms. The number of aliphatic hydroxyl groups excluding tert-OH is 2. The molecule has 0 aromatic rings. The maximum atomic E-state index is 9.08. The second-order valence-corrected chi connectivity index (χ2v) is 2.94. The molecule has 0 fully saturated rings. The van der Waals surface area contributed by atoms with Crippen LogP contribution in [0, 0.1) is 12.3 Å². The Kier molecular flexibility index (Phi) is 5.64.